The van der Waals surface area contributed by atoms with Gasteiger partial charge in [0.1, 0.15) is 23.9 Å². The molecule has 7 heteroatoms. The average Bonchev–Trinajstić information content (AvgIpc) is 3.45. The van der Waals surface area contributed by atoms with Gasteiger partial charge in [-0.25, -0.2) is 0 Å². The quantitative estimate of drug-likeness (QED) is 0.401. The Kier molecular flexibility index (Phi) is 6.55. The van der Waals surface area contributed by atoms with Crippen LogP contribution in [0.4, 0.5) is 5.69 Å². The summed E-state index contributed by atoms with van der Waals surface area (Å²) >= 11 is 0. The van der Waals surface area contributed by atoms with Crippen molar-refractivity contribution in [2.24, 2.45) is 0 Å². The summed E-state index contributed by atoms with van der Waals surface area (Å²) < 4.78 is 18.5. The molecule has 0 bridgehead atoms. The van der Waals surface area contributed by atoms with Crippen LogP contribution < -0.4 is 14.8 Å². The van der Waals surface area contributed by atoms with E-state index in [2.05, 4.69) is 41.6 Å². The maximum atomic E-state index is 12.5. The largest absolute Gasteiger partial charge is 0.494 e. The van der Waals surface area contributed by atoms with E-state index < -0.39 is 0 Å². The molecule has 0 saturated heterocycles. The molecule has 164 valence electrons. The zero-order valence-corrected chi connectivity index (χ0v) is 18.1. The van der Waals surface area contributed by atoms with Crippen molar-refractivity contribution in [2.75, 3.05) is 11.9 Å². The van der Waals surface area contributed by atoms with Gasteiger partial charge in [-0.05, 0) is 55.8 Å². The van der Waals surface area contributed by atoms with Gasteiger partial charge in [0.2, 0.25) is 0 Å². The van der Waals surface area contributed by atoms with Crippen LogP contribution in [0.5, 0.6) is 11.5 Å². The first-order chi connectivity index (χ1) is 15.6. The van der Waals surface area contributed by atoms with Crippen molar-refractivity contribution in [3.8, 4) is 11.5 Å². The smallest absolute Gasteiger partial charge is 0.291 e. The van der Waals surface area contributed by atoms with E-state index in [9.17, 15) is 4.79 Å². The van der Waals surface area contributed by atoms with E-state index in [4.69, 9.17) is 13.9 Å². The van der Waals surface area contributed by atoms with Crippen LogP contribution in [0.25, 0.3) is 0 Å². The summed E-state index contributed by atoms with van der Waals surface area (Å²) in [4.78, 5) is 12.5. The number of carbonyl (C=O) groups excluding carboxylic acids is 1. The lowest BCUT2D eigenvalue weighted by Crippen LogP contribution is -2.10. The molecule has 0 aliphatic heterocycles. The van der Waals surface area contributed by atoms with E-state index in [-0.39, 0.29) is 18.3 Å². The summed E-state index contributed by atoms with van der Waals surface area (Å²) in [5.41, 5.74) is 2.95. The minimum Gasteiger partial charge on any atom is -0.494 e. The van der Waals surface area contributed by atoms with Crippen molar-refractivity contribution in [1.29, 1.82) is 0 Å². The summed E-state index contributed by atoms with van der Waals surface area (Å²) in [5, 5.41) is 7.12. The molecule has 0 atom stereocenters. The van der Waals surface area contributed by atoms with E-state index in [1.54, 1.807) is 29.2 Å². The number of aromatic nitrogens is 2. The van der Waals surface area contributed by atoms with Gasteiger partial charge in [0, 0.05) is 6.20 Å². The standard InChI is InChI=1S/C25H25N3O4/c1-3-30-21-8-10-22(11-9-21)31-17-23-12-13-24(32-23)25(29)27-20-14-26-28(16-20)15-19-6-4-18(2)5-7-19/h4-14,16H,3,15,17H2,1-2H3,(H,27,29). The van der Waals surface area contributed by atoms with Gasteiger partial charge < -0.3 is 19.2 Å². The summed E-state index contributed by atoms with van der Waals surface area (Å²) in [6.45, 7) is 5.45. The van der Waals surface area contributed by atoms with E-state index >= 15 is 0 Å². The molecule has 0 unspecified atom stereocenters. The fourth-order valence-corrected chi connectivity index (χ4v) is 3.12. The number of nitrogens with one attached hydrogen (secondary N) is 1. The molecule has 0 aliphatic rings. The fourth-order valence-electron chi connectivity index (χ4n) is 3.12. The minimum atomic E-state index is -0.341. The number of nitrogens with zero attached hydrogens (tertiary/aromatic N) is 2. The van der Waals surface area contributed by atoms with E-state index in [1.165, 1.54) is 5.56 Å². The maximum absolute atomic E-state index is 12.5. The molecule has 0 radical (unpaired) electrons. The molecular formula is C25H25N3O4. The molecule has 2 aromatic carbocycles. The highest BCUT2D eigenvalue weighted by molar-refractivity contribution is 6.02. The third-order valence-electron chi connectivity index (χ3n) is 4.76. The number of anilines is 1. The highest BCUT2D eigenvalue weighted by atomic mass is 16.5. The Morgan fingerprint density at radius 1 is 1.00 bits per heavy atom. The zero-order chi connectivity index (χ0) is 22.3. The van der Waals surface area contributed by atoms with Crippen LogP contribution >= 0.6 is 0 Å². The van der Waals surface area contributed by atoms with Gasteiger partial charge in [0.25, 0.3) is 5.91 Å². The number of furan rings is 1. The van der Waals surface area contributed by atoms with Crippen molar-refractivity contribution in [3.05, 3.63) is 95.7 Å². The number of carbonyl (C=O) groups is 1. The molecule has 0 spiro atoms. The second kappa shape index (κ2) is 9.87. The topological polar surface area (TPSA) is 78.5 Å². The number of hydrogen-bond donors (Lipinski definition) is 1. The zero-order valence-electron chi connectivity index (χ0n) is 18.1. The van der Waals surface area contributed by atoms with Crippen molar-refractivity contribution in [2.45, 2.75) is 27.0 Å². The van der Waals surface area contributed by atoms with E-state index in [0.717, 1.165) is 11.3 Å². The summed E-state index contributed by atoms with van der Waals surface area (Å²) in [7, 11) is 0. The highest BCUT2D eigenvalue weighted by Crippen LogP contribution is 2.20. The van der Waals surface area contributed by atoms with Gasteiger partial charge in [-0.1, -0.05) is 29.8 Å². The van der Waals surface area contributed by atoms with Crippen molar-refractivity contribution >= 4 is 11.6 Å². The van der Waals surface area contributed by atoms with E-state index in [1.807, 2.05) is 31.2 Å². The van der Waals surface area contributed by atoms with Crippen molar-refractivity contribution < 1.29 is 18.7 Å². The minimum absolute atomic E-state index is 0.210. The third-order valence-corrected chi connectivity index (χ3v) is 4.76. The summed E-state index contributed by atoms with van der Waals surface area (Å²) in [6.07, 6.45) is 3.40. The Hall–Kier alpha value is -4.00. The van der Waals surface area contributed by atoms with Gasteiger partial charge in [0.15, 0.2) is 5.76 Å². The van der Waals surface area contributed by atoms with Gasteiger partial charge in [0.05, 0.1) is 25.0 Å². The molecule has 32 heavy (non-hydrogen) atoms. The Morgan fingerprint density at radius 2 is 1.72 bits per heavy atom. The number of ether oxygens (including phenoxy) is 2. The Labute approximate surface area is 186 Å². The second-order valence-corrected chi connectivity index (χ2v) is 7.33. The molecule has 4 rings (SSSR count). The molecule has 2 heterocycles. The van der Waals surface area contributed by atoms with Gasteiger partial charge in [-0.3, -0.25) is 9.48 Å². The van der Waals surface area contributed by atoms with Crippen LogP contribution in [-0.4, -0.2) is 22.3 Å². The third kappa shape index (κ3) is 5.57. The lowest BCUT2D eigenvalue weighted by atomic mass is 10.1. The Balaban J connectivity index is 1.30. The lowest BCUT2D eigenvalue weighted by Gasteiger charge is -2.06. The van der Waals surface area contributed by atoms with Crippen LogP contribution in [0, 0.1) is 6.92 Å². The number of hydrogen-bond acceptors (Lipinski definition) is 5. The molecule has 0 fully saturated rings. The Morgan fingerprint density at radius 3 is 2.44 bits per heavy atom. The second-order valence-electron chi connectivity index (χ2n) is 7.33. The number of amides is 1. The molecular weight excluding hydrogens is 406 g/mol. The first-order valence-corrected chi connectivity index (χ1v) is 10.4. The highest BCUT2D eigenvalue weighted by Gasteiger charge is 2.13. The summed E-state index contributed by atoms with van der Waals surface area (Å²) in [5.74, 6) is 1.91. The van der Waals surface area contributed by atoms with Gasteiger partial charge in [-0.15, -0.1) is 0 Å². The first-order valence-electron chi connectivity index (χ1n) is 10.4. The first kappa shape index (κ1) is 21.2. The predicted molar refractivity (Wildman–Crippen MR) is 121 cm³/mol. The molecule has 1 amide bonds. The van der Waals surface area contributed by atoms with Gasteiger partial charge in [-0.2, -0.15) is 5.10 Å². The van der Waals surface area contributed by atoms with E-state index in [0.29, 0.717) is 30.3 Å². The number of rotatable bonds is 9. The normalized spacial score (nSPS) is 10.7. The molecule has 2 aromatic heterocycles. The fraction of sp³-hybridized carbons (Fsp3) is 0.200. The van der Waals surface area contributed by atoms with Crippen molar-refractivity contribution in [1.82, 2.24) is 9.78 Å². The van der Waals surface area contributed by atoms with Crippen LogP contribution in [0.15, 0.2) is 77.5 Å². The SMILES string of the molecule is CCOc1ccc(OCc2ccc(C(=O)Nc3cnn(Cc4ccc(C)cc4)c3)o2)cc1. The predicted octanol–water partition coefficient (Wildman–Crippen LogP) is 5.06. The van der Waals surface area contributed by atoms with Crippen LogP contribution in [0.3, 0.4) is 0 Å². The Bertz CT molecular complexity index is 1160. The number of benzene rings is 2. The molecule has 0 aliphatic carbocycles. The summed E-state index contributed by atoms with van der Waals surface area (Å²) in [6, 6.07) is 19.0. The van der Waals surface area contributed by atoms with Gasteiger partial charge >= 0.3 is 0 Å². The van der Waals surface area contributed by atoms with Crippen LogP contribution in [0.1, 0.15) is 34.4 Å². The molecule has 1 N–H and O–H groups in total. The molecule has 0 saturated carbocycles. The van der Waals surface area contributed by atoms with Crippen molar-refractivity contribution in [3.63, 3.8) is 0 Å². The average molecular weight is 431 g/mol. The molecule has 7 nitrogen and oxygen atoms in total. The van der Waals surface area contributed by atoms with Crippen LogP contribution in [0.2, 0.25) is 0 Å². The molecule has 4 aromatic rings. The lowest BCUT2D eigenvalue weighted by molar-refractivity contribution is 0.0992. The maximum Gasteiger partial charge on any atom is 0.291 e. The number of aryl methyl sites for hydroxylation is 1. The van der Waals surface area contributed by atoms with Crippen LogP contribution in [-0.2, 0) is 13.2 Å². The monoisotopic (exact) mass is 431 g/mol.